The molecule has 2 nitrogen and oxygen atoms in total. The van der Waals surface area contributed by atoms with E-state index >= 15 is 0 Å². The summed E-state index contributed by atoms with van der Waals surface area (Å²) in [6.07, 6.45) is -0.938. The second kappa shape index (κ2) is 3.70. The molecule has 0 radical (unpaired) electrons. The van der Waals surface area contributed by atoms with Crippen LogP contribution in [0.15, 0.2) is 24.3 Å². The van der Waals surface area contributed by atoms with Crippen LogP contribution in [0, 0.1) is 0 Å². The molecule has 2 atom stereocenters. The van der Waals surface area contributed by atoms with Crippen molar-refractivity contribution in [3.63, 3.8) is 0 Å². The molecule has 0 amide bonds. The Kier molecular flexibility index (Phi) is 2.84. The number of hydrogen-bond donors (Lipinski definition) is 2. The Morgan fingerprint density at radius 2 is 1.42 bits per heavy atom. The third-order valence-electron chi connectivity index (χ3n) is 1.88. The van der Waals surface area contributed by atoms with Crippen molar-refractivity contribution in [1.29, 1.82) is 0 Å². The Balaban J connectivity index is 2.96. The lowest BCUT2D eigenvalue weighted by Gasteiger charge is -2.08. The van der Waals surface area contributed by atoms with E-state index in [2.05, 4.69) is 0 Å². The molecule has 66 valence electrons. The van der Waals surface area contributed by atoms with Gasteiger partial charge in [0.1, 0.15) is 0 Å². The molecule has 1 aromatic rings. The van der Waals surface area contributed by atoms with Crippen molar-refractivity contribution in [2.45, 2.75) is 26.1 Å². The zero-order chi connectivity index (χ0) is 9.14. The predicted molar refractivity (Wildman–Crippen MR) is 47.7 cm³/mol. The lowest BCUT2D eigenvalue weighted by Crippen LogP contribution is -1.95. The maximum Gasteiger partial charge on any atom is 0.0762 e. The van der Waals surface area contributed by atoms with E-state index in [1.54, 1.807) is 13.8 Å². The van der Waals surface area contributed by atoms with Crippen molar-refractivity contribution < 1.29 is 10.2 Å². The molecule has 0 unspecified atom stereocenters. The number of hydrogen-bond acceptors (Lipinski definition) is 2. The van der Waals surface area contributed by atoms with E-state index in [9.17, 15) is 10.2 Å². The molecule has 12 heavy (non-hydrogen) atoms. The van der Waals surface area contributed by atoms with E-state index in [1.807, 2.05) is 24.3 Å². The van der Waals surface area contributed by atoms with E-state index < -0.39 is 12.2 Å². The molecule has 0 saturated heterocycles. The monoisotopic (exact) mass is 166 g/mol. The summed E-state index contributed by atoms with van der Waals surface area (Å²) in [5.41, 5.74) is 1.68. The highest BCUT2D eigenvalue weighted by molar-refractivity contribution is 5.25. The molecule has 2 N–H and O–H groups in total. The lowest BCUT2D eigenvalue weighted by molar-refractivity contribution is 0.192. The van der Waals surface area contributed by atoms with Crippen LogP contribution in [-0.2, 0) is 0 Å². The van der Waals surface area contributed by atoms with Crippen molar-refractivity contribution in [3.8, 4) is 0 Å². The van der Waals surface area contributed by atoms with Crippen LogP contribution in [0.3, 0.4) is 0 Å². The normalized spacial score (nSPS) is 15.7. The highest BCUT2D eigenvalue weighted by Crippen LogP contribution is 2.17. The zero-order valence-electron chi connectivity index (χ0n) is 7.36. The minimum Gasteiger partial charge on any atom is -0.389 e. The minimum absolute atomic E-state index is 0.469. The highest BCUT2D eigenvalue weighted by atomic mass is 16.3. The molecule has 1 aromatic carbocycles. The van der Waals surface area contributed by atoms with Crippen molar-refractivity contribution in [2.75, 3.05) is 0 Å². The topological polar surface area (TPSA) is 40.5 Å². The molecule has 2 heteroatoms. The first kappa shape index (κ1) is 9.23. The van der Waals surface area contributed by atoms with Gasteiger partial charge in [-0.2, -0.15) is 0 Å². The first-order chi connectivity index (χ1) is 5.61. The molecule has 0 spiro atoms. The Bertz CT molecular complexity index is 231. The van der Waals surface area contributed by atoms with Crippen LogP contribution in [-0.4, -0.2) is 10.2 Å². The summed E-state index contributed by atoms with van der Waals surface area (Å²) >= 11 is 0. The van der Waals surface area contributed by atoms with Crippen molar-refractivity contribution in [2.24, 2.45) is 0 Å². The van der Waals surface area contributed by atoms with Gasteiger partial charge in [0, 0.05) is 0 Å². The molecule has 0 bridgehead atoms. The Hall–Kier alpha value is -0.860. The summed E-state index contributed by atoms with van der Waals surface area (Å²) in [6, 6.07) is 7.34. The van der Waals surface area contributed by atoms with E-state index in [0.717, 1.165) is 11.1 Å². The van der Waals surface area contributed by atoms with Gasteiger partial charge in [0.15, 0.2) is 0 Å². The van der Waals surface area contributed by atoms with Gasteiger partial charge in [0.2, 0.25) is 0 Å². The van der Waals surface area contributed by atoms with Crippen molar-refractivity contribution in [3.05, 3.63) is 35.4 Å². The molecule has 0 aliphatic heterocycles. The number of benzene rings is 1. The van der Waals surface area contributed by atoms with Crippen molar-refractivity contribution in [1.82, 2.24) is 0 Å². The summed E-state index contributed by atoms with van der Waals surface area (Å²) in [5, 5.41) is 18.5. The van der Waals surface area contributed by atoms with Crippen LogP contribution in [0.25, 0.3) is 0 Å². The van der Waals surface area contributed by atoms with Crippen LogP contribution < -0.4 is 0 Å². The Morgan fingerprint density at radius 1 is 1.00 bits per heavy atom. The van der Waals surface area contributed by atoms with Gasteiger partial charge in [-0.15, -0.1) is 0 Å². The van der Waals surface area contributed by atoms with Gasteiger partial charge in [-0.25, -0.2) is 0 Å². The fourth-order valence-corrected chi connectivity index (χ4v) is 1.08. The summed E-state index contributed by atoms with van der Waals surface area (Å²) in [6.45, 7) is 3.42. The fourth-order valence-electron chi connectivity index (χ4n) is 1.08. The summed E-state index contributed by atoms with van der Waals surface area (Å²) in [4.78, 5) is 0. The van der Waals surface area contributed by atoms with Crippen LogP contribution in [0.5, 0.6) is 0 Å². The summed E-state index contributed by atoms with van der Waals surface area (Å²) < 4.78 is 0. The van der Waals surface area contributed by atoms with Gasteiger partial charge in [-0.05, 0) is 25.0 Å². The zero-order valence-corrected chi connectivity index (χ0v) is 7.36. The first-order valence-corrected chi connectivity index (χ1v) is 4.07. The second-order valence-corrected chi connectivity index (χ2v) is 3.02. The molecule has 1 rings (SSSR count). The SMILES string of the molecule is C[C@H](O)c1cccc([C@@H](C)O)c1. The molecular weight excluding hydrogens is 152 g/mol. The van der Waals surface area contributed by atoms with Gasteiger partial charge in [0.25, 0.3) is 0 Å². The Morgan fingerprint density at radius 3 is 1.75 bits per heavy atom. The number of aliphatic hydroxyl groups excluding tert-OH is 2. The largest absolute Gasteiger partial charge is 0.389 e. The molecular formula is C10H14O2. The van der Waals surface area contributed by atoms with E-state index in [1.165, 1.54) is 0 Å². The number of aliphatic hydroxyl groups is 2. The maximum absolute atomic E-state index is 9.25. The van der Waals surface area contributed by atoms with Gasteiger partial charge < -0.3 is 10.2 Å². The molecule has 0 heterocycles. The third-order valence-corrected chi connectivity index (χ3v) is 1.88. The van der Waals surface area contributed by atoms with Crippen LogP contribution in [0.4, 0.5) is 0 Å². The quantitative estimate of drug-likeness (QED) is 0.703. The molecule has 0 aliphatic carbocycles. The standard InChI is InChI=1S/C10H14O2/c1-7(11)9-4-3-5-10(6-9)8(2)12/h3-8,11-12H,1-2H3/t7-,8+. The highest BCUT2D eigenvalue weighted by Gasteiger charge is 2.04. The average Bonchev–Trinajstić information content (AvgIpc) is 2.04. The Labute approximate surface area is 72.5 Å². The molecule has 0 saturated carbocycles. The third kappa shape index (κ3) is 2.06. The van der Waals surface area contributed by atoms with Gasteiger partial charge in [0.05, 0.1) is 12.2 Å². The van der Waals surface area contributed by atoms with Crippen LogP contribution >= 0.6 is 0 Å². The van der Waals surface area contributed by atoms with Crippen molar-refractivity contribution >= 4 is 0 Å². The average molecular weight is 166 g/mol. The van der Waals surface area contributed by atoms with E-state index in [0.29, 0.717) is 0 Å². The van der Waals surface area contributed by atoms with Crippen LogP contribution in [0.2, 0.25) is 0 Å². The summed E-state index contributed by atoms with van der Waals surface area (Å²) in [5.74, 6) is 0. The smallest absolute Gasteiger partial charge is 0.0762 e. The van der Waals surface area contributed by atoms with Gasteiger partial charge >= 0.3 is 0 Å². The van der Waals surface area contributed by atoms with Gasteiger partial charge in [-0.3, -0.25) is 0 Å². The first-order valence-electron chi connectivity index (χ1n) is 4.07. The van der Waals surface area contributed by atoms with E-state index in [-0.39, 0.29) is 0 Å². The van der Waals surface area contributed by atoms with E-state index in [4.69, 9.17) is 0 Å². The molecule has 0 fully saturated rings. The van der Waals surface area contributed by atoms with Crippen LogP contribution in [0.1, 0.15) is 37.2 Å². The minimum atomic E-state index is -0.469. The number of rotatable bonds is 2. The molecule has 0 aliphatic rings. The maximum atomic E-state index is 9.25. The predicted octanol–water partition coefficient (Wildman–Crippen LogP) is 1.79. The lowest BCUT2D eigenvalue weighted by atomic mass is 10.0. The summed E-state index contributed by atoms with van der Waals surface area (Å²) in [7, 11) is 0. The van der Waals surface area contributed by atoms with Gasteiger partial charge in [-0.1, -0.05) is 24.3 Å². The second-order valence-electron chi connectivity index (χ2n) is 3.02. The fraction of sp³-hybridized carbons (Fsp3) is 0.400. The molecule has 0 aromatic heterocycles.